The molecule has 1 aromatic carbocycles. The maximum Gasteiger partial charge on any atom is 0.573 e. The summed E-state index contributed by atoms with van der Waals surface area (Å²) in [6.45, 7) is 6.22. The summed E-state index contributed by atoms with van der Waals surface area (Å²) in [5, 5.41) is 0. The molecular formula is C14H17F3O3. The van der Waals surface area contributed by atoms with Gasteiger partial charge in [0.1, 0.15) is 11.4 Å². The van der Waals surface area contributed by atoms with Crippen molar-refractivity contribution in [3.8, 4) is 5.75 Å². The summed E-state index contributed by atoms with van der Waals surface area (Å²) >= 11 is 0. The molecule has 1 rings (SSSR count). The summed E-state index contributed by atoms with van der Waals surface area (Å²) in [5.74, 6) is -0.780. The summed E-state index contributed by atoms with van der Waals surface area (Å²) in [5.41, 5.74) is -0.187. The Morgan fingerprint density at radius 3 is 2.35 bits per heavy atom. The summed E-state index contributed by atoms with van der Waals surface area (Å²) in [6, 6.07) is 4.31. The van der Waals surface area contributed by atoms with Gasteiger partial charge in [-0.25, -0.2) is 0 Å². The molecule has 0 spiro atoms. The molecule has 112 valence electrons. The zero-order chi connectivity index (χ0) is 15.6. The smallest absolute Gasteiger partial charge is 0.455 e. The third-order valence-corrected chi connectivity index (χ3v) is 3.12. The van der Waals surface area contributed by atoms with Crippen molar-refractivity contribution in [2.24, 2.45) is 0 Å². The molecule has 0 aliphatic heterocycles. The molecule has 6 heteroatoms. The fourth-order valence-corrected chi connectivity index (χ4v) is 2.06. The third-order valence-electron chi connectivity index (χ3n) is 3.12. The van der Waals surface area contributed by atoms with E-state index in [0.29, 0.717) is 17.5 Å². The maximum absolute atomic E-state index is 12.3. The molecular weight excluding hydrogens is 273 g/mol. The van der Waals surface area contributed by atoms with Crippen LogP contribution in [0.3, 0.4) is 0 Å². The number of benzene rings is 1. The zero-order valence-corrected chi connectivity index (χ0v) is 11.8. The van der Waals surface area contributed by atoms with E-state index in [2.05, 4.69) is 4.74 Å². The Morgan fingerprint density at radius 2 is 1.90 bits per heavy atom. The molecule has 0 amide bonds. The Kier molecular flexibility index (Phi) is 4.68. The van der Waals surface area contributed by atoms with Crippen LogP contribution < -0.4 is 4.74 Å². The van der Waals surface area contributed by atoms with E-state index in [4.69, 9.17) is 4.74 Å². The van der Waals surface area contributed by atoms with Crippen molar-refractivity contribution in [3.05, 3.63) is 29.3 Å². The van der Waals surface area contributed by atoms with Crippen molar-refractivity contribution in [1.29, 1.82) is 0 Å². The molecule has 0 bridgehead atoms. The molecule has 20 heavy (non-hydrogen) atoms. The third kappa shape index (κ3) is 3.88. The molecule has 3 nitrogen and oxygen atoms in total. The monoisotopic (exact) mass is 290 g/mol. The number of halogens is 3. The Balaban J connectivity index is 3.25. The highest BCUT2D eigenvalue weighted by Gasteiger charge is 2.35. The average molecular weight is 290 g/mol. The van der Waals surface area contributed by atoms with Crippen LogP contribution in [0.5, 0.6) is 5.75 Å². The first-order valence-electron chi connectivity index (χ1n) is 6.14. The Hall–Kier alpha value is -1.72. The first kappa shape index (κ1) is 16.3. The Morgan fingerprint density at radius 1 is 1.30 bits per heavy atom. The van der Waals surface area contributed by atoms with Gasteiger partial charge >= 0.3 is 12.3 Å². The van der Waals surface area contributed by atoms with Gasteiger partial charge in [0, 0.05) is 12.5 Å². The largest absolute Gasteiger partial charge is 0.573 e. The molecule has 0 aliphatic rings. The van der Waals surface area contributed by atoms with E-state index in [-0.39, 0.29) is 5.75 Å². The van der Waals surface area contributed by atoms with Crippen LogP contribution in [0.25, 0.3) is 0 Å². The summed E-state index contributed by atoms with van der Waals surface area (Å²) in [6.07, 6.45) is -4.32. The van der Waals surface area contributed by atoms with Gasteiger partial charge in [0.15, 0.2) is 0 Å². The lowest BCUT2D eigenvalue weighted by Gasteiger charge is -2.30. The number of alkyl halides is 3. The van der Waals surface area contributed by atoms with E-state index in [9.17, 15) is 18.0 Å². The number of ether oxygens (including phenoxy) is 2. The second-order valence-corrected chi connectivity index (χ2v) is 4.65. The van der Waals surface area contributed by atoms with Crippen LogP contribution in [0.1, 0.15) is 38.3 Å². The van der Waals surface area contributed by atoms with Gasteiger partial charge in [-0.2, -0.15) is 0 Å². The fraction of sp³-hybridized carbons (Fsp3) is 0.500. The van der Waals surface area contributed by atoms with Crippen LogP contribution in [-0.4, -0.2) is 12.3 Å². The molecule has 0 fully saturated rings. The minimum absolute atomic E-state index is 0.290. The minimum atomic E-state index is -4.76. The highest BCUT2D eigenvalue weighted by Crippen LogP contribution is 2.36. The molecule has 1 unspecified atom stereocenters. The van der Waals surface area contributed by atoms with Gasteiger partial charge in [-0.1, -0.05) is 19.1 Å². The quantitative estimate of drug-likeness (QED) is 0.784. The lowest BCUT2D eigenvalue weighted by Crippen LogP contribution is -2.29. The van der Waals surface area contributed by atoms with Gasteiger partial charge < -0.3 is 9.47 Å². The molecule has 0 saturated carbocycles. The fourth-order valence-electron chi connectivity index (χ4n) is 2.06. The van der Waals surface area contributed by atoms with Gasteiger partial charge in [-0.15, -0.1) is 13.2 Å². The normalized spacial score (nSPS) is 14.6. The van der Waals surface area contributed by atoms with Crippen molar-refractivity contribution in [1.82, 2.24) is 0 Å². The van der Waals surface area contributed by atoms with E-state index < -0.39 is 17.9 Å². The van der Waals surface area contributed by atoms with Gasteiger partial charge in [0.25, 0.3) is 0 Å². The maximum atomic E-state index is 12.3. The van der Waals surface area contributed by atoms with Crippen LogP contribution in [0.4, 0.5) is 13.2 Å². The standard InChI is InChI=1S/C14H17F3O3/c1-5-13(4,19-10(3)18)11-7-6-8-12(9(11)2)20-14(15,16)17/h6-8H,5H2,1-4H3. The van der Waals surface area contributed by atoms with Crippen LogP contribution in [0.15, 0.2) is 18.2 Å². The number of carbonyl (C=O) groups excluding carboxylic acids is 1. The molecule has 0 saturated heterocycles. The summed E-state index contributed by atoms with van der Waals surface area (Å²) < 4.78 is 46.2. The predicted octanol–water partition coefficient (Wildman–Crippen LogP) is 4.08. The lowest BCUT2D eigenvalue weighted by molar-refractivity contribution is -0.274. The van der Waals surface area contributed by atoms with E-state index in [1.807, 2.05) is 0 Å². The van der Waals surface area contributed by atoms with Gasteiger partial charge in [0.05, 0.1) is 0 Å². The summed E-state index contributed by atoms with van der Waals surface area (Å²) in [7, 11) is 0. The lowest BCUT2D eigenvalue weighted by atomic mass is 9.89. The number of hydrogen-bond donors (Lipinski definition) is 0. The van der Waals surface area contributed by atoms with Crippen LogP contribution >= 0.6 is 0 Å². The van der Waals surface area contributed by atoms with Gasteiger partial charge in [-0.05, 0) is 31.9 Å². The molecule has 1 atom stereocenters. The molecule has 1 aromatic rings. The highest BCUT2D eigenvalue weighted by atomic mass is 19.4. The van der Waals surface area contributed by atoms with E-state index in [1.54, 1.807) is 19.9 Å². The Labute approximate surface area is 115 Å². The summed E-state index contributed by atoms with van der Waals surface area (Å²) in [4.78, 5) is 11.2. The molecule has 0 N–H and O–H groups in total. The number of carbonyl (C=O) groups is 1. The van der Waals surface area contributed by atoms with Crippen molar-refractivity contribution in [2.45, 2.75) is 46.1 Å². The SMILES string of the molecule is CCC(C)(OC(C)=O)c1cccc(OC(F)(F)F)c1C. The van der Waals surface area contributed by atoms with E-state index in [1.165, 1.54) is 26.0 Å². The minimum Gasteiger partial charge on any atom is -0.455 e. The van der Waals surface area contributed by atoms with Crippen molar-refractivity contribution >= 4 is 5.97 Å². The van der Waals surface area contributed by atoms with Crippen molar-refractivity contribution in [2.75, 3.05) is 0 Å². The first-order chi connectivity index (χ1) is 9.09. The van der Waals surface area contributed by atoms with Crippen molar-refractivity contribution < 1.29 is 27.4 Å². The molecule has 0 heterocycles. The highest BCUT2D eigenvalue weighted by molar-refractivity contribution is 5.67. The number of esters is 1. The average Bonchev–Trinajstić information content (AvgIpc) is 2.29. The number of hydrogen-bond acceptors (Lipinski definition) is 3. The topological polar surface area (TPSA) is 35.5 Å². The molecule has 0 aliphatic carbocycles. The van der Waals surface area contributed by atoms with Crippen LogP contribution in [0, 0.1) is 6.92 Å². The van der Waals surface area contributed by atoms with E-state index in [0.717, 1.165) is 0 Å². The molecule has 0 radical (unpaired) electrons. The predicted molar refractivity (Wildman–Crippen MR) is 67.3 cm³/mol. The first-order valence-corrected chi connectivity index (χ1v) is 6.14. The zero-order valence-electron chi connectivity index (χ0n) is 11.8. The van der Waals surface area contributed by atoms with Gasteiger partial charge in [-0.3, -0.25) is 4.79 Å². The van der Waals surface area contributed by atoms with E-state index >= 15 is 0 Å². The van der Waals surface area contributed by atoms with Gasteiger partial charge in [0.2, 0.25) is 0 Å². The Bertz CT molecular complexity index is 497. The number of rotatable bonds is 4. The second kappa shape index (κ2) is 5.73. The second-order valence-electron chi connectivity index (χ2n) is 4.65. The van der Waals surface area contributed by atoms with Crippen molar-refractivity contribution in [3.63, 3.8) is 0 Å². The van der Waals surface area contributed by atoms with Crippen LogP contribution in [-0.2, 0) is 15.1 Å². The van der Waals surface area contributed by atoms with Crippen LogP contribution in [0.2, 0.25) is 0 Å². The molecule has 0 aromatic heterocycles.